The maximum absolute atomic E-state index is 12.2. The molecule has 0 aliphatic rings. The second-order valence-corrected chi connectivity index (χ2v) is 4.69. The quantitative estimate of drug-likeness (QED) is 0.819. The molecule has 0 saturated carbocycles. The molecule has 0 aliphatic carbocycles. The Hall–Kier alpha value is -2.80. The van der Waals surface area contributed by atoms with Gasteiger partial charge in [-0.05, 0) is 43.7 Å². The number of nitrogens with two attached hydrogens (primary N) is 1. The Morgan fingerprint density at radius 3 is 2.55 bits per heavy atom. The van der Waals surface area contributed by atoms with E-state index in [2.05, 4.69) is 5.32 Å². The summed E-state index contributed by atoms with van der Waals surface area (Å²) >= 11 is 0. The molecule has 0 bridgehead atoms. The van der Waals surface area contributed by atoms with Gasteiger partial charge in [-0.2, -0.15) is 5.26 Å². The first-order chi connectivity index (χ1) is 9.51. The Morgan fingerprint density at radius 2 is 1.95 bits per heavy atom. The number of aryl methyl sites for hydroxylation is 2. The number of hydrogen-bond acceptors (Lipinski definition) is 3. The number of carbonyl (C=O) groups excluding carboxylic acids is 1. The number of nitriles is 1. The van der Waals surface area contributed by atoms with E-state index < -0.39 is 0 Å². The number of nitrogens with zero attached hydrogens (tertiary/aromatic N) is 1. The van der Waals surface area contributed by atoms with Crippen molar-refractivity contribution in [2.24, 2.45) is 0 Å². The van der Waals surface area contributed by atoms with E-state index in [-0.39, 0.29) is 5.91 Å². The van der Waals surface area contributed by atoms with Crippen LogP contribution in [0.25, 0.3) is 0 Å². The lowest BCUT2D eigenvalue weighted by Gasteiger charge is -2.10. The molecule has 0 aromatic heterocycles. The summed E-state index contributed by atoms with van der Waals surface area (Å²) in [5.41, 5.74) is 9.80. The molecule has 100 valence electrons. The number of nitrogens with one attached hydrogen (secondary N) is 1. The molecule has 0 unspecified atom stereocenters. The van der Waals surface area contributed by atoms with Crippen LogP contribution in [0.4, 0.5) is 11.4 Å². The monoisotopic (exact) mass is 265 g/mol. The van der Waals surface area contributed by atoms with Gasteiger partial charge in [0.2, 0.25) is 0 Å². The van der Waals surface area contributed by atoms with Crippen molar-refractivity contribution in [3.63, 3.8) is 0 Å². The molecule has 0 aliphatic heterocycles. The first-order valence-electron chi connectivity index (χ1n) is 6.19. The second-order valence-electron chi connectivity index (χ2n) is 4.69. The van der Waals surface area contributed by atoms with Gasteiger partial charge in [-0.1, -0.05) is 17.7 Å². The first-order valence-corrected chi connectivity index (χ1v) is 6.19. The number of carbonyl (C=O) groups is 1. The zero-order valence-electron chi connectivity index (χ0n) is 11.4. The molecular formula is C16H15N3O. The van der Waals surface area contributed by atoms with Crippen molar-refractivity contribution in [3.8, 4) is 6.07 Å². The van der Waals surface area contributed by atoms with Crippen molar-refractivity contribution >= 4 is 17.3 Å². The Morgan fingerprint density at radius 1 is 1.20 bits per heavy atom. The van der Waals surface area contributed by atoms with E-state index in [1.807, 2.05) is 32.0 Å². The van der Waals surface area contributed by atoms with E-state index in [0.29, 0.717) is 22.5 Å². The van der Waals surface area contributed by atoms with Crippen LogP contribution in [-0.4, -0.2) is 5.91 Å². The Labute approximate surface area is 117 Å². The minimum absolute atomic E-state index is 0.209. The molecule has 2 rings (SSSR count). The van der Waals surface area contributed by atoms with Gasteiger partial charge >= 0.3 is 0 Å². The summed E-state index contributed by atoms with van der Waals surface area (Å²) in [5, 5.41) is 11.5. The van der Waals surface area contributed by atoms with Crippen LogP contribution < -0.4 is 11.1 Å². The molecular weight excluding hydrogens is 250 g/mol. The van der Waals surface area contributed by atoms with Crippen LogP contribution in [0.5, 0.6) is 0 Å². The number of nitrogen functional groups attached to an aromatic ring is 1. The van der Waals surface area contributed by atoms with Crippen LogP contribution >= 0.6 is 0 Å². The lowest BCUT2D eigenvalue weighted by Crippen LogP contribution is -2.14. The van der Waals surface area contributed by atoms with Crippen LogP contribution in [-0.2, 0) is 0 Å². The van der Waals surface area contributed by atoms with Crippen molar-refractivity contribution in [3.05, 3.63) is 58.7 Å². The Kier molecular flexibility index (Phi) is 3.72. The second kappa shape index (κ2) is 5.45. The normalized spacial score (nSPS) is 9.85. The summed E-state index contributed by atoms with van der Waals surface area (Å²) in [6, 6.07) is 12.4. The average molecular weight is 265 g/mol. The number of anilines is 2. The summed E-state index contributed by atoms with van der Waals surface area (Å²) in [6.45, 7) is 3.87. The number of rotatable bonds is 2. The third kappa shape index (κ3) is 2.78. The molecule has 0 atom stereocenters. The fraction of sp³-hybridized carbons (Fsp3) is 0.125. The first kappa shape index (κ1) is 13.6. The van der Waals surface area contributed by atoms with Gasteiger partial charge in [0.05, 0.1) is 23.0 Å². The van der Waals surface area contributed by atoms with Gasteiger partial charge in [-0.15, -0.1) is 0 Å². The van der Waals surface area contributed by atoms with Gasteiger partial charge in [0.15, 0.2) is 0 Å². The van der Waals surface area contributed by atoms with Gasteiger partial charge in [0.1, 0.15) is 0 Å². The highest BCUT2D eigenvalue weighted by Crippen LogP contribution is 2.21. The minimum Gasteiger partial charge on any atom is -0.397 e. The predicted octanol–water partition coefficient (Wildman–Crippen LogP) is 3.01. The van der Waals surface area contributed by atoms with E-state index in [1.165, 1.54) is 6.07 Å². The zero-order chi connectivity index (χ0) is 14.7. The van der Waals surface area contributed by atoms with Gasteiger partial charge in [0, 0.05) is 5.56 Å². The van der Waals surface area contributed by atoms with E-state index in [0.717, 1.165) is 11.1 Å². The molecule has 0 spiro atoms. The number of benzene rings is 2. The summed E-state index contributed by atoms with van der Waals surface area (Å²) in [5.74, 6) is -0.209. The van der Waals surface area contributed by atoms with E-state index in [9.17, 15) is 4.79 Å². The fourth-order valence-corrected chi connectivity index (χ4v) is 2.00. The highest BCUT2D eigenvalue weighted by molar-refractivity contribution is 6.06. The zero-order valence-corrected chi connectivity index (χ0v) is 11.4. The minimum atomic E-state index is -0.209. The van der Waals surface area contributed by atoms with Crippen LogP contribution in [0.1, 0.15) is 27.0 Å². The van der Waals surface area contributed by atoms with Gasteiger partial charge in [-0.3, -0.25) is 4.79 Å². The van der Waals surface area contributed by atoms with Crippen LogP contribution in [0.3, 0.4) is 0 Å². The van der Waals surface area contributed by atoms with Crippen molar-refractivity contribution in [1.82, 2.24) is 0 Å². The van der Waals surface area contributed by atoms with Crippen molar-refractivity contribution in [2.75, 3.05) is 11.1 Å². The molecule has 0 radical (unpaired) electrons. The van der Waals surface area contributed by atoms with E-state index in [1.54, 1.807) is 18.2 Å². The lowest BCUT2D eigenvalue weighted by atomic mass is 10.0. The third-order valence-electron chi connectivity index (χ3n) is 3.06. The molecule has 4 heteroatoms. The highest BCUT2D eigenvalue weighted by atomic mass is 16.1. The fourth-order valence-electron chi connectivity index (χ4n) is 2.00. The third-order valence-corrected chi connectivity index (χ3v) is 3.06. The Balaban J connectivity index is 2.26. The maximum atomic E-state index is 12.2. The molecule has 2 aromatic carbocycles. The average Bonchev–Trinajstić information content (AvgIpc) is 2.40. The molecule has 20 heavy (non-hydrogen) atoms. The molecule has 0 saturated heterocycles. The van der Waals surface area contributed by atoms with E-state index in [4.69, 9.17) is 11.0 Å². The molecule has 0 heterocycles. The summed E-state index contributed by atoms with van der Waals surface area (Å²) in [4.78, 5) is 12.2. The summed E-state index contributed by atoms with van der Waals surface area (Å²) in [7, 11) is 0. The van der Waals surface area contributed by atoms with Crippen LogP contribution in [0.2, 0.25) is 0 Å². The number of amides is 1. The highest BCUT2D eigenvalue weighted by Gasteiger charge is 2.11. The summed E-state index contributed by atoms with van der Waals surface area (Å²) < 4.78 is 0. The van der Waals surface area contributed by atoms with E-state index >= 15 is 0 Å². The topological polar surface area (TPSA) is 78.9 Å². The molecule has 0 fully saturated rings. The largest absolute Gasteiger partial charge is 0.397 e. The summed E-state index contributed by atoms with van der Waals surface area (Å²) in [6.07, 6.45) is 0. The molecule has 2 aromatic rings. The lowest BCUT2D eigenvalue weighted by molar-refractivity contribution is 0.102. The van der Waals surface area contributed by atoms with Crippen molar-refractivity contribution in [2.45, 2.75) is 13.8 Å². The Bertz CT molecular complexity index is 714. The van der Waals surface area contributed by atoms with Crippen LogP contribution in [0, 0.1) is 25.2 Å². The van der Waals surface area contributed by atoms with Crippen molar-refractivity contribution in [1.29, 1.82) is 5.26 Å². The van der Waals surface area contributed by atoms with Crippen LogP contribution in [0.15, 0.2) is 36.4 Å². The number of hydrogen-bond donors (Lipinski definition) is 2. The molecule has 3 N–H and O–H groups in total. The van der Waals surface area contributed by atoms with Gasteiger partial charge in [-0.25, -0.2) is 0 Å². The predicted molar refractivity (Wildman–Crippen MR) is 79.4 cm³/mol. The smallest absolute Gasteiger partial charge is 0.255 e. The van der Waals surface area contributed by atoms with Crippen molar-refractivity contribution < 1.29 is 4.79 Å². The van der Waals surface area contributed by atoms with Gasteiger partial charge < -0.3 is 11.1 Å². The maximum Gasteiger partial charge on any atom is 0.255 e. The SMILES string of the molecule is Cc1ccc(C(=O)Nc2ccc(C#N)cc2N)c(C)c1. The van der Waals surface area contributed by atoms with Gasteiger partial charge in [0.25, 0.3) is 5.91 Å². The standard InChI is InChI=1S/C16H15N3O/c1-10-3-5-13(11(2)7-10)16(20)19-15-6-4-12(9-17)8-14(15)18/h3-8H,18H2,1-2H3,(H,19,20). The molecule has 1 amide bonds. The molecule has 4 nitrogen and oxygen atoms in total.